The van der Waals surface area contributed by atoms with E-state index in [1.807, 2.05) is 16.5 Å². The first-order chi connectivity index (χ1) is 11.1. The normalized spacial score (nSPS) is 26.8. The van der Waals surface area contributed by atoms with E-state index in [0.29, 0.717) is 19.6 Å². The summed E-state index contributed by atoms with van der Waals surface area (Å²) in [6.45, 7) is 5.12. The van der Waals surface area contributed by atoms with Crippen molar-refractivity contribution in [1.29, 1.82) is 0 Å². The van der Waals surface area contributed by atoms with Crippen LogP contribution in [0.15, 0.2) is 11.6 Å². The number of thiazole rings is 1. The number of likely N-dealkylation sites (N-methyl/N-ethyl adjacent to an activating group) is 1. The molecule has 1 aromatic rings. The molecule has 7 heteroatoms. The molecule has 0 saturated carbocycles. The van der Waals surface area contributed by atoms with E-state index in [-0.39, 0.29) is 11.4 Å². The molecule has 2 fully saturated rings. The average molecular weight is 338 g/mol. The standard InChI is InChI=1S/C16H26N4O2S/c1-18-8-9-20(15-17-6-12-23-15)13-16(18)4-3-14(21)19(7-5-16)10-11-22-2/h6,12H,3-5,7-11,13H2,1-2H3. The number of anilines is 1. The molecule has 1 spiro atoms. The summed E-state index contributed by atoms with van der Waals surface area (Å²) < 4.78 is 5.14. The highest BCUT2D eigenvalue weighted by atomic mass is 32.1. The maximum atomic E-state index is 12.4. The Morgan fingerprint density at radius 3 is 2.96 bits per heavy atom. The molecule has 1 atom stereocenters. The fourth-order valence-corrected chi connectivity index (χ4v) is 4.34. The van der Waals surface area contributed by atoms with Crippen molar-refractivity contribution in [2.75, 3.05) is 58.4 Å². The molecule has 1 aromatic heterocycles. The quantitative estimate of drug-likeness (QED) is 0.828. The smallest absolute Gasteiger partial charge is 0.222 e. The number of hydrogen-bond acceptors (Lipinski definition) is 6. The topological polar surface area (TPSA) is 48.9 Å². The summed E-state index contributed by atoms with van der Waals surface area (Å²) in [6, 6.07) is 0. The zero-order valence-corrected chi connectivity index (χ0v) is 14.8. The second-order valence-electron chi connectivity index (χ2n) is 6.51. The number of hydrogen-bond donors (Lipinski definition) is 0. The summed E-state index contributed by atoms with van der Waals surface area (Å²) in [5.41, 5.74) is 0.0708. The SMILES string of the molecule is COCCN1CCC2(CCC1=O)CN(c1nccs1)CCN2C. The highest BCUT2D eigenvalue weighted by molar-refractivity contribution is 7.13. The van der Waals surface area contributed by atoms with Crippen LogP contribution in [0.2, 0.25) is 0 Å². The molecular weight excluding hydrogens is 312 g/mol. The first-order valence-corrected chi connectivity index (χ1v) is 9.15. The number of piperazine rings is 1. The first kappa shape index (κ1) is 16.7. The van der Waals surface area contributed by atoms with Gasteiger partial charge in [-0.1, -0.05) is 0 Å². The Bertz CT molecular complexity index is 524. The zero-order valence-electron chi connectivity index (χ0n) is 14.0. The van der Waals surface area contributed by atoms with E-state index in [1.54, 1.807) is 18.4 Å². The minimum absolute atomic E-state index is 0.0708. The van der Waals surface area contributed by atoms with Crippen LogP contribution in [0.4, 0.5) is 5.13 Å². The van der Waals surface area contributed by atoms with Gasteiger partial charge < -0.3 is 14.5 Å². The summed E-state index contributed by atoms with van der Waals surface area (Å²) in [6.07, 6.45) is 4.43. The molecule has 1 unspecified atom stereocenters. The van der Waals surface area contributed by atoms with Crippen molar-refractivity contribution in [2.45, 2.75) is 24.8 Å². The number of methoxy groups -OCH3 is 1. The highest BCUT2D eigenvalue weighted by Crippen LogP contribution is 2.34. The summed E-state index contributed by atoms with van der Waals surface area (Å²) in [5, 5.41) is 3.13. The molecule has 3 rings (SSSR count). The van der Waals surface area contributed by atoms with Gasteiger partial charge in [0.2, 0.25) is 5.91 Å². The fraction of sp³-hybridized carbons (Fsp3) is 0.750. The van der Waals surface area contributed by atoms with Crippen molar-refractivity contribution in [2.24, 2.45) is 0 Å². The number of nitrogens with zero attached hydrogens (tertiary/aromatic N) is 4. The Morgan fingerprint density at radius 1 is 1.35 bits per heavy atom. The van der Waals surface area contributed by atoms with E-state index in [1.165, 1.54) is 0 Å². The number of rotatable bonds is 4. The molecule has 0 aromatic carbocycles. The second kappa shape index (κ2) is 7.15. The van der Waals surface area contributed by atoms with Gasteiger partial charge >= 0.3 is 0 Å². The maximum absolute atomic E-state index is 12.4. The number of ether oxygens (including phenoxy) is 1. The molecule has 6 nitrogen and oxygen atoms in total. The first-order valence-electron chi connectivity index (χ1n) is 8.27. The van der Waals surface area contributed by atoms with Gasteiger partial charge in [0.15, 0.2) is 5.13 Å². The molecule has 0 radical (unpaired) electrons. The number of aromatic nitrogens is 1. The summed E-state index contributed by atoms with van der Waals surface area (Å²) in [5.74, 6) is 0.263. The van der Waals surface area contributed by atoms with Gasteiger partial charge in [0.1, 0.15) is 0 Å². The van der Waals surface area contributed by atoms with Gasteiger partial charge in [0, 0.05) is 63.4 Å². The minimum atomic E-state index is 0.0708. The van der Waals surface area contributed by atoms with Crippen LogP contribution >= 0.6 is 11.3 Å². The monoisotopic (exact) mass is 338 g/mol. The Kier molecular flexibility index (Phi) is 5.18. The van der Waals surface area contributed by atoms with E-state index >= 15 is 0 Å². The van der Waals surface area contributed by atoms with Crippen LogP contribution in [0.5, 0.6) is 0 Å². The van der Waals surface area contributed by atoms with Crippen molar-refractivity contribution in [3.8, 4) is 0 Å². The molecule has 2 aliphatic rings. The fourth-order valence-electron chi connectivity index (χ4n) is 3.67. The van der Waals surface area contributed by atoms with Crippen LogP contribution in [0.25, 0.3) is 0 Å². The van der Waals surface area contributed by atoms with Gasteiger partial charge in [-0.25, -0.2) is 4.98 Å². The van der Waals surface area contributed by atoms with Crippen LogP contribution in [0.1, 0.15) is 19.3 Å². The van der Waals surface area contributed by atoms with Gasteiger partial charge in [0.05, 0.1) is 6.61 Å². The lowest BCUT2D eigenvalue weighted by Gasteiger charge is -2.49. The van der Waals surface area contributed by atoms with Crippen molar-refractivity contribution < 1.29 is 9.53 Å². The molecule has 0 N–H and O–H groups in total. The van der Waals surface area contributed by atoms with E-state index < -0.39 is 0 Å². The van der Waals surface area contributed by atoms with Crippen LogP contribution in [0, 0.1) is 0 Å². The van der Waals surface area contributed by atoms with Gasteiger partial charge in [-0.3, -0.25) is 9.69 Å². The summed E-state index contributed by atoms with van der Waals surface area (Å²) in [7, 11) is 3.89. The summed E-state index contributed by atoms with van der Waals surface area (Å²) in [4.78, 5) is 23.7. The number of carbonyl (C=O) groups is 1. The second-order valence-corrected chi connectivity index (χ2v) is 7.38. The Balaban J connectivity index is 1.72. The molecule has 0 aliphatic carbocycles. The average Bonchev–Trinajstić information content (AvgIpc) is 3.04. The minimum Gasteiger partial charge on any atom is -0.383 e. The number of carbonyl (C=O) groups excluding carboxylic acids is 1. The van der Waals surface area contributed by atoms with Gasteiger partial charge in [-0.05, 0) is 19.9 Å². The van der Waals surface area contributed by atoms with Gasteiger partial charge in [-0.15, -0.1) is 11.3 Å². The van der Waals surface area contributed by atoms with Crippen molar-refractivity contribution >= 4 is 22.4 Å². The van der Waals surface area contributed by atoms with Crippen molar-refractivity contribution in [1.82, 2.24) is 14.8 Å². The van der Waals surface area contributed by atoms with E-state index in [9.17, 15) is 4.79 Å². The van der Waals surface area contributed by atoms with Crippen LogP contribution < -0.4 is 4.90 Å². The molecule has 2 saturated heterocycles. The van der Waals surface area contributed by atoms with Gasteiger partial charge in [-0.2, -0.15) is 0 Å². The van der Waals surface area contributed by atoms with E-state index in [2.05, 4.69) is 21.8 Å². The molecule has 1 amide bonds. The lowest BCUT2D eigenvalue weighted by molar-refractivity contribution is -0.131. The number of likely N-dealkylation sites (tertiary alicyclic amines) is 1. The third kappa shape index (κ3) is 3.51. The van der Waals surface area contributed by atoms with Crippen LogP contribution in [-0.4, -0.2) is 79.7 Å². The molecule has 128 valence electrons. The molecular formula is C16H26N4O2S. The molecule has 3 heterocycles. The van der Waals surface area contributed by atoms with Crippen molar-refractivity contribution in [3.63, 3.8) is 0 Å². The van der Waals surface area contributed by atoms with Crippen LogP contribution in [-0.2, 0) is 9.53 Å². The van der Waals surface area contributed by atoms with Crippen molar-refractivity contribution in [3.05, 3.63) is 11.6 Å². The third-order valence-corrected chi connectivity index (χ3v) is 6.09. The Labute approximate surface area is 142 Å². The molecule has 23 heavy (non-hydrogen) atoms. The predicted octanol–water partition coefficient (Wildman–Crippen LogP) is 1.29. The molecule has 2 aliphatic heterocycles. The van der Waals surface area contributed by atoms with E-state index in [0.717, 1.165) is 44.2 Å². The van der Waals surface area contributed by atoms with E-state index in [4.69, 9.17) is 4.74 Å². The largest absolute Gasteiger partial charge is 0.383 e. The van der Waals surface area contributed by atoms with Crippen LogP contribution in [0.3, 0.4) is 0 Å². The number of amides is 1. The Morgan fingerprint density at radius 2 is 2.22 bits per heavy atom. The molecule has 0 bridgehead atoms. The Hall–Kier alpha value is -1.18. The zero-order chi connectivity index (χ0) is 16.3. The maximum Gasteiger partial charge on any atom is 0.222 e. The lowest BCUT2D eigenvalue weighted by Crippen LogP contribution is -2.61. The predicted molar refractivity (Wildman–Crippen MR) is 92.0 cm³/mol. The lowest BCUT2D eigenvalue weighted by atomic mass is 9.86. The third-order valence-electron chi connectivity index (χ3n) is 5.26. The highest BCUT2D eigenvalue weighted by Gasteiger charge is 2.42. The van der Waals surface area contributed by atoms with Gasteiger partial charge in [0.25, 0.3) is 0 Å². The summed E-state index contributed by atoms with van der Waals surface area (Å²) >= 11 is 1.70.